The molecule has 1 aromatic heterocycles. The number of amidine groups is 2. The fourth-order valence-corrected chi connectivity index (χ4v) is 0.739. The molecule has 1 rings (SSSR count). The maximum Gasteiger partial charge on any atom is 0.195 e. The molecule has 0 saturated heterocycles. The number of hydrogen-bond acceptors (Lipinski definition) is 4. The van der Waals surface area contributed by atoms with E-state index in [2.05, 4.69) is 9.97 Å². The fraction of sp³-hybridized carbons (Fsp3) is 0.250. The molecular weight excluding hydrogens is 166 g/mol. The second-order valence-corrected chi connectivity index (χ2v) is 2.57. The maximum atomic E-state index is 7.63. The standard InChI is InChI=1S/C8H11N5/c1-6(9)13(2)7(10)8-11-4-3-5-12-8/h3-5,9-10H,1-2H3. The molecule has 1 aromatic rings. The Balaban J connectivity index is 2.86. The molecule has 0 aromatic carbocycles. The Morgan fingerprint density at radius 3 is 2.31 bits per heavy atom. The Labute approximate surface area is 76.5 Å². The molecule has 0 aliphatic rings. The summed E-state index contributed by atoms with van der Waals surface area (Å²) in [6, 6.07) is 1.69. The van der Waals surface area contributed by atoms with E-state index < -0.39 is 0 Å². The first-order valence-electron chi connectivity index (χ1n) is 3.77. The molecule has 1 heterocycles. The van der Waals surface area contributed by atoms with E-state index in [0.29, 0.717) is 5.82 Å². The lowest BCUT2D eigenvalue weighted by Crippen LogP contribution is -2.31. The molecule has 0 saturated carbocycles. The van der Waals surface area contributed by atoms with Crippen molar-refractivity contribution in [1.29, 1.82) is 10.8 Å². The first-order chi connectivity index (χ1) is 6.13. The topological polar surface area (TPSA) is 76.7 Å². The number of aromatic nitrogens is 2. The molecule has 0 fully saturated rings. The number of nitrogens with one attached hydrogen (secondary N) is 2. The first kappa shape index (κ1) is 9.31. The number of nitrogens with zero attached hydrogens (tertiary/aromatic N) is 3. The van der Waals surface area contributed by atoms with Gasteiger partial charge < -0.3 is 4.90 Å². The van der Waals surface area contributed by atoms with Crippen LogP contribution in [0.5, 0.6) is 0 Å². The molecule has 0 atom stereocenters. The van der Waals surface area contributed by atoms with Crippen LogP contribution in [0.1, 0.15) is 12.7 Å². The van der Waals surface area contributed by atoms with E-state index in [4.69, 9.17) is 10.8 Å². The van der Waals surface area contributed by atoms with Crippen LogP contribution in [-0.2, 0) is 0 Å². The molecule has 0 amide bonds. The van der Waals surface area contributed by atoms with Gasteiger partial charge in [-0.2, -0.15) is 0 Å². The van der Waals surface area contributed by atoms with Crippen LogP contribution in [0.15, 0.2) is 18.5 Å². The van der Waals surface area contributed by atoms with E-state index in [1.165, 1.54) is 4.90 Å². The Kier molecular flexibility index (Phi) is 2.69. The summed E-state index contributed by atoms with van der Waals surface area (Å²) in [5, 5.41) is 14.9. The van der Waals surface area contributed by atoms with Crippen molar-refractivity contribution in [2.24, 2.45) is 0 Å². The Morgan fingerprint density at radius 1 is 1.31 bits per heavy atom. The van der Waals surface area contributed by atoms with Crippen LogP contribution >= 0.6 is 0 Å². The summed E-state index contributed by atoms with van der Waals surface area (Å²) in [7, 11) is 1.64. The summed E-state index contributed by atoms with van der Waals surface area (Å²) < 4.78 is 0. The minimum atomic E-state index is 0.133. The van der Waals surface area contributed by atoms with E-state index in [1.54, 1.807) is 32.4 Å². The predicted molar refractivity (Wildman–Crippen MR) is 50.0 cm³/mol. The smallest absolute Gasteiger partial charge is 0.195 e. The third-order valence-electron chi connectivity index (χ3n) is 1.62. The number of rotatable bonds is 1. The molecule has 68 valence electrons. The van der Waals surface area contributed by atoms with Gasteiger partial charge in [-0.1, -0.05) is 0 Å². The van der Waals surface area contributed by atoms with E-state index in [0.717, 1.165) is 0 Å². The third kappa shape index (κ3) is 2.08. The van der Waals surface area contributed by atoms with Crippen molar-refractivity contribution in [1.82, 2.24) is 14.9 Å². The zero-order valence-electron chi connectivity index (χ0n) is 7.57. The summed E-state index contributed by atoms with van der Waals surface area (Å²) in [4.78, 5) is 9.23. The van der Waals surface area contributed by atoms with Crippen molar-refractivity contribution in [3.05, 3.63) is 24.3 Å². The van der Waals surface area contributed by atoms with Gasteiger partial charge >= 0.3 is 0 Å². The van der Waals surface area contributed by atoms with Crippen LogP contribution < -0.4 is 0 Å². The zero-order chi connectivity index (χ0) is 9.84. The van der Waals surface area contributed by atoms with Gasteiger partial charge in [-0.3, -0.25) is 10.8 Å². The first-order valence-corrected chi connectivity index (χ1v) is 3.77. The Morgan fingerprint density at radius 2 is 1.85 bits per heavy atom. The van der Waals surface area contributed by atoms with Gasteiger partial charge in [0, 0.05) is 19.4 Å². The van der Waals surface area contributed by atoms with Gasteiger partial charge in [-0.15, -0.1) is 0 Å². The molecule has 5 nitrogen and oxygen atoms in total. The van der Waals surface area contributed by atoms with Gasteiger partial charge in [0.15, 0.2) is 11.7 Å². The van der Waals surface area contributed by atoms with Crippen LogP contribution in [0.25, 0.3) is 0 Å². The highest BCUT2D eigenvalue weighted by atomic mass is 15.2. The van der Waals surface area contributed by atoms with Crippen molar-refractivity contribution in [2.45, 2.75) is 6.92 Å². The molecule has 0 spiro atoms. The molecule has 13 heavy (non-hydrogen) atoms. The van der Waals surface area contributed by atoms with Gasteiger partial charge in [-0.25, -0.2) is 9.97 Å². The van der Waals surface area contributed by atoms with E-state index in [-0.39, 0.29) is 11.7 Å². The van der Waals surface area contributed by atoms with Crippen LogP contribution in [-0.4, -0.2) is 33.6 Å². The van der Waals surface area contributed by atoms with E-state index >= 15 is 0 Å². The highest BCUT2D eigenvalue weighted by Crippen LogP contribution is 1.95. The van der Waals surface area contributed by atoms with Gasteiger partial charge in [0.05, 0.1) is 5.84 Å². The van der Waals surface area contributed by atoms with Crippen LogP contribution in [0.4, 0.5) is 0 Å². The van der Waals surface area contributed by atoms with Gasteiger partial charge in [0.2, 0.25) is 0 Å². The predicted octanol–water partition coefficient (Wildman–Crippen LogP) is 0.731. The third-order valence-corrected chi connectivity index (χ3v) is 1.62. The van der Waals surface area contributed by atoms with Gasteiger partial charge in [-0.05, 0) is 13.0 Å². The minimum Gasteiger partial charge on any atom is -0.316 e. The highest BCUT2D eigenvalue weighted by Gasteiger charge is 2.10. The largest absolute Gasteiger partial charge is 0.316 e. The molecule has 0 radical (unpaired) electrons. The van der Waals surface area contributed by atoms with Gasteiger partial charge in [0.25, 0.3) is 0 Å². The summed E-state index contributed by atoms with van der Waals surface area (Å²) in [6.45, 7) is 1.61. The van der Waals surface area contributed by atoms with Gasteiger partial charge in [0.1, 0.15) is 0 Å². The second-order valence-electron chi connectivity index (χ2n) is 2.57. The lowest BCUT2D eigenvalue weighted by atomic mass is 10.4. The van der Waals surface area contributed by atoms with Crippen molar-refractivity contribution < 1.29 is 0 Å². The quantitative estimate of drug-likeness (QED) is 0.490. The Bertz CT molecular complexity index is 319. The summed E-state index contributed by atoms with van der Waals surface area (Å²) in [5.74, 6) is 0.752. The summed E-state index contributed by atoms with van der Waals surface area (Å²) in [5.41, 5.74) is 0. The molecule has 0 unspecified atom stereocenters. The Hall–Kier alpha value is -1.78. The fourth-order valence-electron chi connectivity index (χ4n) is 0.739. The number of hydrogen-bond donors (Lipinski definition) is 2. The second kappa shape index (κ2) is 3.75. The molecule has 0 aliphatic heterocycles. The summed E-state index contributed by atoms with van der Waals surface area (Å²) in [6.07, 6.45) is 3.15. The summed E-state index contributed by atoms with van der Waals surface area (Å²) >= 11 is 0. The molecule has 0 bridgehead atoms. The van der Waals surface area contributed by atoms with Crippen molar-refractivity contribution in [3.63, 3.8) is 0 Å². The monoisotopic (exact) mass is 177 g/mol. The van der Waals surface area contributed by atoms with E-state index in [1.807, 2.05) is 0 Å². The average Bonchev–Trinajstić information content (AvgIpc) is 2.17. The lowest BCUT2D eigenvalue weighted by molar-refractivity contribution is 0.725. The zero-order valence-corrected chi connectivity index (χ0v) is 7.57. The van der Waals surface area contributed by atoms with Crippen LogP contribution in [0, 0.1) is 10.8 Å². The normalized spacial score (nSPS) is 9.38. The molecule has 2 N–H and O–H groups in total. The van der Waals surface area contributed by atoms with Crippen molar-refractivity contribution in [3.8, 4) is 0 Å². The molecule has 5 heteroatoms. The molecule has 0 aliphatic carbocycles. The van der Waals surface area contributed by atoms with Crippen molar-refractivity contribution >= 4 is 11.7 Å². The average molecular weight is 177 g/mol. The highest BCUT2D eigenvalue weighted by molar-refractivity contribution is 6.03. The van der Waals surface area contributed by atoms with Crippen molar-refractivity contribution in [2.75, 3.05) is 7.05 Å². The van der Waals surface area contributed by atoms with Crippen LogP contribution in [0.2, 0.25) is 0 Å². The van der Waals surface area contributed by atoms with E-state index in [9.17, 15) is 0 Å². The van der Waals surface area contributed by atoms with Crippen LogP contribution in [0.3, 0.4) is 0 Å². The SMILES string of the molecule is CC(=N)N(C)C(=N)c1ncccn1. The maximum absolute atomic E-state index is 7.63. The minimum absolute atomic E-state index is 0.133. The lowest BCUT2D eigenvalue weighted by Gasteiger charge is -2.16. The molecular formula is C8H11N5.